The lowest BCUT2D eigenvalue weighted by Crippen LogP contribution is -2.13. The minimum Gasteiger partial charge on any atom is -0.322 e. The van der Waals surface area contributed by atoms with Gasteiger partial charge in [0, 0.05) is 17.4 Å². The fraction of sp³-hybridized carbons (Fsp3) is 0.154. The molecule has 1 unspecified atom stereocenters. The average molecular weight is 271 g/mol. The molecule has 3 rings (SSSR count). The molecule has 0 amide bonds. The highest BCUT2D eigenvalue weighted by Crippen LogP contribution is 2.23. The summed E-state index contributed by atoms with van der Waals surface area (Å²) in [5.41, 5.74) is 8.94. The molecule has 0 saturated heterocycles. The van der Waals surface area contributed by atoms with Crippen LogP contribution in [0.15, 0.2) is 41.9 Å². The number of aromatic amines is 1. The molecule has 1 aromatic carbocycles. The standard InChI is InChI=1S/C13H13N5S/c14-10(11-7-15-18-17-11)6-13-16-12(8-19-13)9-4-2-1-3-5-9/h1-5,7-8,10H,6,14H2,(H,15,17,18). The number of hydrogen-bond donors (Lipinski definition) is 2. The maximum Gasteiger partial charge on any atom is 0.0995 e. The van der Waals surface area contributed by atoms with Crippen molar-refractivity contribution in [2.45, 2.75) is 12.5 Å². The topological polar surface area (TPSA) is 80.5 Å². The zero-order valence-electron chi connectivity index (χ0n) is 10.2. The Bertz CT molecular complexity index is 632. The van der Waals surface area contributed by atoms with E-state index in [1.165, 1.54) is 0 Å². The third-order valence-electron chi connectivity index (χ3n) is 2.83. The molecule has 3 N–H and O–H groups in total. The lowest BCUT2D eigenvalue weighted by Gasteiger charge is -2.04. The summed E-state index contributed by atoms with van der Waals surface area (Å²) in [7, 11) is 0. The first-order valence-corrected chi connectivity index (χ1v) is 6.82. The van der Waals surface area contributed by atoms with Gasteiger partial charge < -0.3 is 5.73 Å². The second-order valence-electron chi connectivity index (χ2n) is 4.20. The molecule has 19 heavy (non-hydrogen) atoms. The second-order valence-corrected chi connectivity index (χ2v) is 5.14. The summed E-state index contributed by atoms with van der Waals surface area (Å²) in [6.45, 7) is 0. The molecular formula is C13H13N5S. The van der Waals surface area contributed by atoms with E-state index in [0.29, 0.717) is 6.42 Å². The van der Waals surface area contributed by atoms with Crippen LogP contribution in [-0.2, 0) is 6.42 Å². The van der Waals surface area contributed by atoms with Crippen molar-refractivity contribution >= 4 is 11.3 Å². The number of aromatic nitrogens is 4. The van der Waals surface area contributed by atoms with E-state index >= 15 is 0 Å². The maximum absolute atomic E-state index is 6.06. The molecule has 0 aliphatic heterocycles. The van der Waals surface area contributed by atoms with Crippen molar-refractivity contribution in [3.05, 3.63) is 52.6 Å². The van der Waals surface area contributed by atoms with Gasteiger partial charge in [-0.3, -0.25) is 0 Å². The molecule has 0 bridgehead atoms. The van der Waals surface area contributed by atoms with Crippen LogP contribution in [0.4, 0.5) is 0 Å². The van der Waals surface area contributed by atoms with E-state index in [1.807, 2.05) is 18.2 Å². The first kappa shape index (κ1) is 12.0. The Morgan fingerprint density at radius 2 is 2.11 bits per heavy atom. The minimum absolute atomic E-state index is 0.173. The number of thiazole rings is 1. The number of nitrogens with two attached hydrogens (primary N) is 1. The number of nitrogens with zero attached hydrogens (tertiary/aromatic N) is 3. The van der Waals surface area contributed by atoms with Crippen LogP contribution in [0.2, 0.25) is 0 Å². The van der Waals surface area contributed by atoms with Gasteiger partial charge in [-0.2, -0.15) is 15.4 Å². The largest absolute Gasteiger partial charge is 0.322 e. The van der Waals surface area contributed by atoms with Gasteiger partial charge in [0.1, 0.15) is 0 Å². The van der Waals surface area contributed by atoms with Crippen LogP contribution in [0.25, 0.3) is 11.3 Å². The van der Waals surface area contributed by atoms with Crippen molar-refractivity contribution in [2.75, 3.05) is 0 Å². The highest BCUT2D eigenvalue weighted by molar-refractivity contribution is 7.09. The zero-order valence-corrected chi connectivity index (χ0v) is 11.0. The van der Waals surface area contributed by atoms with E-state index in [0.717, 1.165) is 22.0 Å². The Morgan fingerprint density at radius 1 is 1.26 bits per heavy atom. The normalized spacial score (nSPS) is 12.5. The van der Waals surface area contributed by atoms with Gasteiger partial charge in [-0.1, -0.05) is 30.3 Å². The summed E-state index contributed by atoms with van der Waals surface area (Å²) < 4.78 is 0. The highest BCUT2D eigenvalue weighted by Gasteiger charge is 2.12. The van der Waals surface area contributed by atoms with Crippen molar-refractivity contribution < 1.29 is 0 Å². The fourth-order valence-corrected chi connectivity index (χ4v) is 2.69. The Morgan fingerprint density at radius 3 is 2.84 bits per heavy atom. The van der Waals surface area contributed by atoms with Gasteiger partial charge in [0.2, 0.25) is 0 Å². The van der Waals surface area contributed by atoms with Crippen molar-refractivity contribution in [1.29, 1.82) is 0 Å². The van der Waals surface area contributed by atoms with E-state index in [4.69, 9.17) is 5.73 Å². The fourth-order valence-electron chi connectivity index (χ4n) is 1.83. The van der Waals surface area contributed by atoms with Crippen LogP contribution in [0.5, 0.6) is 0 Å². The Hall–Kier alpha value is -2.05. The molecule has 5 nitrogen and oxygen atoms in total. The molecule has 2 aromatic heterocycles. The minimum atomic E-state index is -0.173. The molecule has 0 aliphatic carbocycles. The Balaban J connectivity index is 1.75. The first-order valence-electron chi connectivity index (χ1n) is 5.94. The van der Waals surface area contributed by atoms with E-state index in [2.05, 4.69) is 37.9 Å². The van der Waals surface area contributed by atoms with Gasteiger partial charge >= 0.3 is 0 Å². The highest BCUT2D eigenvalue weighted by atomic mass is 32.1. The van der Waals surface area contributed by atoms with Crippen LogP contribution in [0.1, 0.15) is 16.7 Å². The lowest BCUT2D eigenvalue weighted by molar-refractivity contribution is 0.688. The summed E-state index contributed by atoms with van der Waals surface area (Å²) in [5.74, 6) is 0. The average Bonchev–Trinajstić information content (AvgIpc) is 3.11. The van der Waals surface area contributed by atoms with Crippen LogP contribution >= 0.6 is 11.3 Å². The summed E-state index contributed by atoms with van der Waals surface area (Å²) in [5, 5.41) is 13.4. The molecule has 0 fully saturated rings. The summed E-state index contributed by atoms with van der Waals surface area (Å²) in [6.07, 6.45) is 2.32. The number of nitrogens with one attached hydrogen (secondary N) is 1. The summed E-state index contributed by atoms with van der Waals surface area (Å²) in [4.78, 5) is 4.61. The van der Waals surface area contributed by atoms with E-state index in [9.17, 15) is 0 Å². The SMILES string of the molecule is NC(Cc1nc(-c2ccccc2)cs1)c1cn[nH]n1. The molecule has 0 radical (unpaired) electrons. The van der Waals surface area contributed by atoms with Crippen LogP contribution in [-0.4, -0.2) is 20.4 Å². The molecule has 3 aromatic rings. The van der Waals surface area contributed by atoms with Crippen molar-refractivity contribution in [1.82, 2.24) is 20.4 Å². The van der Waals surface area contributed by atoms with Crippen LogP contribution in [0, 0.1) is 0 Å². The molecule has 0 saturated carbocycles. The Labute approximate surface area is 114 Å². The van der Waals surface area contributed by atoms with Gasteiger partial charge in [-0.15, -0.1) is 11.3 Å². The monoisotopic (exact) mass is 271 g/mol. The molecule has 0 aliphatic rings. The number of rotatable bonds is 4. The number of benzene rings is 1. The summed E-state index contributed by atoms with van der Waals surface area (Å²) >= 11 is 1.62. The predicted molar refractivity (Wildman–Crippen MR) is 74.6 cm³/mol. The smallest absolute Gasteiger partial charge is 0.0995 e. The molecular weight excluding hydrogens is 258 g/mol. The van der Waals surface area contributed by atoms with Crippen molar-refractivity contribution in [3.8, 4) is 11.3 Å². The first-order chi connectivity index (χ1) is 9.33. The molecule has 6 heteroatoms. The van der Waals surface area contributed by atoms with Gasteiger partial charge in [0.25, 0.3) is 0 Å². The quantitative estimate of drug-likeness (QED) is 0.762. The van der Waals surface area contributed by atoms with E-state index < -0.39 is 0 Å². The molecule has 96 valence electrons. The zero-order chi connectivity index (χ0) is 13.1. The van der Waals surface area contributed by atoms with Gasteiger partial charge in [-0.25, -0.2) is 4.98 Å². The van der Waals surface area contributed by atoms with E-state index in [-0.39, 0.29) is 6.04 Å². The molecule has 2 heterocycles. The molecule has 0 spiro atoms. The third kappa shape index (κ3) is 2.69. The number of H-pyrrole nitrogens is 1. The lowest BCUT2D eigenvalue weighted by atomic mass is 10.1. The van der Waals surface area contributed by atoms with Gasteiger partial charge in [0.05, 0.1) is 28.6 Å². The van der Waals surface area contributed by atoms with E-state index in [1.54, 1.807) is 17.5 Å². The van der Waals surface area contributed by atoms with Crippen molar-refractivity contribution in [2.24, 2.45) is 5.73 Å². The third-order valence-corrected chi connectivity index (χ3v) is 3.70. The second kappa shape index (κ2) is 5.29. The van der Waals surface area contributed by atoms with Gasteiger partial charge in [0.15, 0.2) is 0 Å². The predicted octanol–water partition coefficient (Wildman–Crippen LogP) is 2.17. The Kier molecular flexibility index (Phi) is 3.35. The molecule has 1 atom stereocenters. The summed E-state index contributed by atoms with van der Waals surface area (Å²) in [6, 6.07) is 9.95. The van der Waals surface area contributed by atoms with Crippen LogP contribution in [0.3, 0.4) is 0 Å². The van der Waals surface area contributed by atoms with Gasteiger partial charge in [-0.05, 0) is 0 Å². The maximum atomic E-state index is 6.06. The number of hydrogen-bond acceptors (Lipinski definition) is 5. The van der Waals surface area contributed by atoms with Crippen LogP contribution < -0.4 is 5.73 Å². The van der Waals surface area contributed by atoms with Crippen molar-refractivity contribution in [3.63, 3.8) is 0 Å².